The van der Waals surface area contributed by atoms with Crippen LogP contribution in [0.3, 0.4) is 0 Å². The monoisotopic (exact) mass is 647 g/mol. The number of aliphatic imine (C=N–C) groups is 1. The molecule has 9 heteroatoms. The normalized spacial score (nSPS) is 14.8. The molecule has 230 valence electrons. The number of rotatable bonds is 9. The van der Waals surface area contributed by atoms with Gasteiger partial charge in [0.15, 0.2) is 5.17 Å². The largest absolute Gasteiger partial charge is 0.489 e. The number of carboxylic acid groups (broad SMARTS) is 1. The smallest absolute Gasteiger partial charge is 0.335 e. The second kappa shape index (κ2) is 13.5. The Labute approximate surface area is 276 Å². The Morgan fingerprint density at radius 3 is 2.33 bits per heavy atom. The molecule has 1 aliphatic rings. The topological polar surface area (TPSA) is 84.1 Å². The second-order valence-corrected chi connectivity index (χ2v) is 12.2. The van der Waals surface area contributed by atoms with Crippen LogP contribution in [0.2, 0.25) is 5.02 Å². The molecule has 5 aromatic rings. The lowest BCUT2D eigenvalue weighted by molar-refractivity contribution is -0.122. The molecule has 1 aliphatic heterocycles. The van der Waals surface area contributed by atoms with Crippen molar-refractivity contribution in [3.05, 3.63) is 153 Å². The summed E-state index contributed by atoms with van der Waals surface area (Å²) in [7, 11) is 0. The minimum absolute atomic E-state index is 0.160. The maximum atomic E-state index is 13.8. The van der Waals surface area contributed by atoms with Crippen molar-refractivity contribution in [3.8, 4) is 11.4 Å². The summed E-state index contributed by atoms with van der Waals surface area (Å²) in [5.74, 6) is -0.414. The fourth-order valence-corrected chi connectivity index (χ4v) is 6.40. The number of aromatic carboxylic acids is 1. The van der Waals surface area contributed by atoms with Crippen LogP contribution in [0.4, 0.5) is 5.69 Å². The Hall–Kier alpha value is -5.05. The van der Waals surface area contributed by atoms with E-state index in [4.69, 9.17) is 21.3 Å². The summed E-state index contributed by atoms with van der Waals surface area (Å²) >= 11 is 7.60. The van der Waals surface area contributed by atoms with Gasteiger partial charge in [-0.25, -0.2) is 9.79 Å². The second-order valence-electron chi connectivity index (χ2n) is 10.8. The molecule has 0 spiro atoms. The van der Waals surface area contributed by atoms with Gasteiger partial charge in [-0.15, -0.1) is 0 Å². The number of aryl methyl sites for hydroxylation is 1. The first-order chi connectivity index (χ1) is 22.3. The number of carbonyl (C=O) groups excluding carboxylic acids is 1. The number of thioether (sulfide) groups is 1. The number of hydrogen-bond acceptors (Lipinski definition) is 5. The highest BCUT2D eigenvalue weighted by Gasteiger charge is 2.34. The lowest BCUT2D eigenvalue weighted by Gasteiger charge is -2.16. The number of carbonyl (C=O) groups is 2. The van der Waals surface area contributed by atoms with Crippen LogP contribution in [0.15, 0.2) is 119 Å². The average molecular weight is 648 g/mol. The van der Waals surface area contributed by atoms with E-state index in [1.807, 2.05) is 98.8 Å². The number of amidine groups is 1. The molecule has 1 amide bonds. The van der Waals surface area contributed by atoms with E-state index in [1.165, 1.54) is 11.8 Å². The van der Waals surface area contributed by atoms with E-state index in [2.05, 4.69) is 10.6 Å². The van der Waals surface area contributed by atoms with E-state index in [0.717, 1.165) is 45.2 Å². The van der Waals surface area contributed by atoms with Gasteiger partial charge in [-0.1, -0.05) is 60.1 Å². The van der Waals surface area contributed by atoms with Gasteiger partial charge >= 0.3 is 5.97 Å². The average Bonchev–Trinajstić information content (AvgIpc) is 3.50. The Kier molecular flexibility index (Phi) is 9.10. The fourth-order valence-electron chi connectivity index (χ4n) is 5.22. The minimum atomic E-state index is -0.994. The van der Waals surface area contributed by atoms with Gasteiger partial charge in [0.1, 0.15) is 12.4 Å². The molecule has 46 heavy (non-hydrogen) atoms. The van der Waals surface area contributed by atoms with Gasteiger partial charge < -0.3 is 14.4 Å². The van der Waals surface area contributed by atoms with Crippen LogP contribution in [0.1, 0.15) is 38.4 Å². The van der Waals surface area contributed by atoms with Crippen LogP contribution in [-0.4, -0.2) is 31.6 Å². The molecule has 1 N–H and O–H groups in total. The first-order valence-electron chi connectivity index (χ1n) is 14.6. The summed E-state index contributed by atoms with van der Waals surface area (Å²) in [5, 5.41) is 10.5. The Morgan fingerprint density at radius 1 is 0.935 bits per heavy atom. The zero-order valence-electron chi connectivity index (χ0n) is 25.2. The van der Waals surface area contributed by atoms with Gasteiger partial charge in [-0.2, -0.15) is 0 Å². The zero-order chi connectivity index (χ0) is 32.2. The molecule has 0 saturated carbocycles. The van der Waals surface area contributed by atoms with Gasteiger partial charge in [0.2, 0.25) is 0 Å². The van der Waals surface area contributed by atoms with Gasteiger partial charge in [0.25, 0.3) is 5.91 Å². The molecule has 1 saturated heterocycles. The summed E-state index contributed by atoms with van der Waals surface area (Å²) in [6.45, 7) is 4.71. The van der Waals surface area contributed by atoms with Crippen molar-refractivity contribution in [2.24, 2.45) is 4.99 Å². The summed E-state index contributed by atoms with van der Waals surface area (Å²) in [5.41, 5.74) is 6.59. The molecule has 2 heterocycles. The highest BCUT2D eigenvalue weighted by molar-refractivity contribution is 8.18. The molecule has 4 aromatic carbocycles. The highest BCUT2D eigenvalue weighted by Crippen LogP contribution is 2.36. The van der Waals surface area contributed by atoms with E-state index in [9.17, 15) is 14.7 Å². The van der Waals surface area contributed by atoms with Gasteiger partial charge in [0, 0.05) is 27.7 Å². The van der Waals surface area contributed by atoms with Crippen LogP contribution in [-0.2, 0) is 17.9 Å². The maximum absolute atomic E-state index is 13.8. The molecule has 0 atom stereocenters. The summed E-state index contributed by atoms with van der Waals surface area (Å²) < 4.78 is 8.11. The first-order valence-corrected chi connectivity index (χ1v) is 15.8. The van der Waals surface area contributed by atoms with Crippen LogP contribution in [0, 0.1) is 13.8 Å². The number of nitrogens with zero attached hydrogens (tertiary/aromatic N) is 3. The predicted molar refractivity (Wildman–Crippen MR) is 184 cm³/mol. The molecule has 0 bridgehead atoms. The maximum Gasteiger partial charge on any atom is 0.335 e. The van der Waals surface area contributed by atoms with Crippen molar-refractivity contribution in [3.63, 3.8) is 0 Å². The van der Waals surface area contributed by atoms with Gasteiger partial charge in [-0.3, -0.25) is 9.69 Å². The molecule has 7 nitrogen and oxygen atoms in total. The third kappa shape index (κ3) is 6.78. The molecule has 1 fully saturated rings. The predicted octanol–water partition coefficient (Wildman–Crippen LogP) is 8.83. The summed E-state index contributed by atoms with van der Waals surface area (Å²) in [6.07, 6.45) is 1.92. The van der Waals surface area contributed by atoms with Crippen molar-refractivity contribution in [2.75, 3.05) is 0 Å². The zero-order valence-corrected chi connectivity index (χ0v) is 26.8. The van der Waals surface area contributed by atoms with E-state index < -0.39 is 5.97 Å². The Balaban J connectivity index is 1.25. The van der Waals surface area contributed by atoms with E-state index in [-0.39, 0.29) is 18.0 Å². The number of para-hydroxylation sites is 1. The standard InChI is InChI=1S/C37H30ClN3O4S/c1-24-20-29(25(2)41(24)31-16-18-32(19-17-31)45-23-28-8-6-7-11-33(28)38)21-34-35(42)40(22-26-12-14-27(15-13-26)36(43)44)37(46-34)39-30-9-4-3-5-10-30/h3-21H,22-23H2,1-2H3,(H,43,44)/b34-21-,39-37?. The molecule has 0 radical (unpaired) electrons. The third-order valence-corrected chi connectivity index (χ3v) is 8.99. The Bertz CT molecular complexity index is 1970. The molecule has 6 rings (SSSR count). The third-order valence-electron chi connectivity index (χ3n) is 7.61. The van der Waals surface area contributed by atoms with Crippen LogP contribution < -0.4 is 4.74 Å². The summed E-state index contributed by atoms with van der Waals surface area (Å²) in [6, 6.07) is 33.6. The number of hydrogen-bond donors (Lipinski definition) is 1. The molecule has 0 unspecified atom stereocenters. The van der Waals surface area contributed by atoms with E-state index in [0.29, 0.717) is 21.7 Å². The molecule has 0 aliphatic carbocycles. The molecule has 1 aromatic heterocycles. The number of ether oxygens (including phenoxy) is 1. The lowest BCUT2D eigenvalue weighted by atomic mass is 10.1. The van der Waals surface area contributed by atoms with Crippen LogP contribution in [0.25, 0.3) is 11.8 Å². The molecular weight excluding hydrogens is 618 g/mol. The van der Waals surface area contributed by atoms with Crippen molar-refractivity contribution < 1.29 is 19.4 Å². The quantitative estimate of drug-likeness (QED) is 0.162. The fraction of sp³-hybridized carbons (Fsp3) is 0.108. The minimum Gasteiger partial charge on any atom is -0.489 e. The Morgan fingerprint density at radius 2 is 1.63 bits per heavy atom. The van der Waals surface area contributed by atoms with Gasteiger partial charge in [0.05, 0.1) is 22.7 Å². The first kappa shape index (κ1) is 31.0. The highest BCUT2D eigenvalue weighted by atomic mass is 35.5. The summed E-state index contributed by atoms with van der Waals surface area (Å²) in [4.78, 5) is 32.1. The van der Waals surface area contributed by atoms with Crippen molar-refractivity contribution in [2.45, 2.75) is 27.0 Å². The van der Waals surface area contributed by atoms with Crippen molar-refractivity contribution in [1.82, 2.24) is 9.47 Å². The number of halogens is 1. The number of aromatic nitrogens is 1. The lowest BCUT2D eigenvalue weighted by Crippen LogP contribution is -2.28. The number of carboxylic acids is 1. The van der Waals surface area contributed by atoms with E-state index >= 15 is 0 Å². The number of benzene rings is 4. The van der Waals surface area contributed by atoms with Crippen molar-refractivity contribution >= 4 is 52.2 Å². The van der Waals surface area contributed by atoms with Crippen LogP contribution in [0.5, 0.6) is 5.75 Å². The number of amides is 1. The van der Waals surface area contributed by atoms with E-state index in [1.54, 1.807) is 29.2 Å². The van der Waals surface area contributed by atoms with Crippen molar-refractivity contribution in [1.29, 1.82) is 0 Å². The SMILES string of the molecule is Cc1cc(/C=C2\SC(=Nc3ccccc3)N(Cc3ccc(C(=O)O)cc3)C2=O)c(C)n1-c1ccc(OCc2ccccc2Cl)cc1. The van der Waals surface area contributed by atoms with Crippen LogP contribution >= 0.6 is 23.4 Å². The van der Waals surface area contributed by atoms with Gasteiger partial charge in [-0.05, 0) is 103 Å². The molecular formula is C37H30ClN3O4S.